The van der Waals surface area contributed by atoms with Gasteiger partial charge < -0.3 is 0 Å². The topological polar surface area (TPSA) is 0 Å². The van der Waals surface area contributed by atoms with Gasteiger partial charge in [0, 0.05) is 5.92 Å². The third-order valence-corrected chi connectivity index (χ3v) is 10.6. The second kappa shape index (κ2) is 20.4. The van der Waals surface area contributed by atoms with Gasteiger partial charge in [-0.1, -0.05) is 245 Å². The lowest BCUT2D eigenvalue weighted by Crippen LogP contribution is -2.06. The highest BCUT2D eigenvalue weighted by Gasteiger charge is 2.21. The van der Waals surface area contributed by atoms with E-state index >= 15 is 0 Å². The number of benzene rings is 7. The molecule has 0 aromatic heterocycles. The highest BCUT2D eigenvalue weighted by Crippen LogP contribution is 2.41. The molecule has 0 bridgehead atoms. The van der Waals surface area contributed by atoms with Gasteiger partial charge in [-0.3, -0.25) is 0 Å². The quantitative estimate of drug-likeness (QED) is 0.0962. The lowest BCUT2D eigenvalue weighted by atomic mass is 9.79. The first-order chi connectivity index (χ1) is 28.4. The van der Waals surface area contributed by atoms with Crippen molar-refractivity contribution in [1.82, 2.24) is 0 Å². The third kappa shape index (κ3) is 10.7. The van der Waals surface area contributed by atoms with Gasteiger partial charge in [-0.25, -0.2) is 0 Å². The van der Waals surface area contributed by atoms with Crippen LogP contribution in [0.4, 0.5) is 0 Å². The Labute approximate surface area is 353 Å². The van der Waals surface area contributed by atoms with Crippen LogP contribution >= 0.6 is 0 Å². The average Bonchev–Trinajstić information content (AvgIpc) is 3.30. The first kappa shape index (κ1) is 41.6. The predicted molar refractivity (Wildman–Crippen MR) is 260 cm³/mol. The molecule has 0 heteroatoms. The maximum absolute atomic E-state index is 4.18. The van der Waals surface area contributed by atoms with E-state index in [0.29, 0.717) is 5.92 Å². The second-order valence-corrected chi connectivity index (χ2v) is 14.8. The van der Waals surface area contributed by atoms with E-state index in [2.05, 4.69) is 220 Å². The Morgan fingerprint density at radius 2 is 0.915 bits per heavy atom. The van der Waals surface area contributed by atoms with Crippen LogP contribution in [-0.4, -0.2) is 0 Å². The molecule has 0 saturated carbocycles. The molecule has 1 aliphatic carbocycles. The largest absolute Gasteiger partial charge is 0.0955 e. The van der Waals surface area contributed by atoms with Gasteiger partial charge in [0.25, 0.3) is 0 Å². The fourth-order valence-corrected chi connectivity index (χ4v) is 7.48. The molecular formula is C59H54. The summed E-state index contributed by atoms with van der Waals surface area (Å²) in [4.78, 5) is 0. The van der Waals surface area contributed by atoms with Crippen molar-refractivity contribution in [3.8, 4) is 22.3 Å². The predicted octanol–water partition coefficient (Wildman–Crippen LogP) is 16.6. The molecule has 0 spiro atoms. The van der Waals surface area contributed by atoms with Crippen molar-refractivity contribution in [2.24, 2.45) is 5.92 Å². The number of hydrogen-bond acceptors (Lipinski definition) is 0. The first-order valence-corrected chi connectivity index (χ1v) is 20.1. The van der Waals surface area contributed by atoms with Crippen molar-refractivity contribution in [3.63, 3.8) is 0 Å². The summed E-state index contributed by atoms with van der Waals surface area (Å²) < 4.78 is 0. The molecule has 0 fully saturated rings. The minimum Gasteiger partial charge on any atom is -0.0955 e. The Morgan fingerprint density at radius 3 is 1.44 bits per heavy atom. The normalized spacial score (nSPS) is 13.0. The van der Waals surface area contributed by atoms with Gasteiger partial charge in [-0.05, 0) is 104 Å². The number of hydrogen-bond donors (Lipinski definition) is 0. The van der Waals surface area contributed by atoms with Crippen LogP contribution in [0.2, 0.25) is 0 Å². The zero-order chi connectivity index (χ0) is 40.1. The van der Waals surface area contributed by atoms with Gasteiger partial charge in [0.05, 0.1) is 0 Å². The molecule has 0 nitrogen and oxygen atoms in total. The monoisotopic (exact) mass is 762 g/mol. The maximum atomic E-state index is 4.18. The van der Waals surface area contributed by atoms with Crippen molar-refractivity contribution in [2.45, 2.75) is 27.7 Å². The Morgan fingerprint density at radius 1 is 0.458 bits per heavy atom. The zero-order valence-corrected chi connectivity index (χ0v) is 33.6. The van der Waals surface area contributed by atoms with E-state index in [1.165, 1.54) is 66.8 Å². The number of allylic oxidation sites excluding steroid dienone is 9. The van der Waals surface area contributed by atoms with Crippen LogP contribution in [0.15, 0.2) is 238 Å². The average molecular weight is 763 g/mol. The number of rotatable bonds is 10. The van der Waals surface area contributed by atoms with Crippen molar-refractivity contribution in [1.29, 1.82) is 0 Å². The molecule has 0 aliphatic heterocycles. The SMILES string of the molecule is C.C=C(/C=C(\C)c1ccc(-c2ccccc2)cc1)c1ccccc1.C=C(C)c1ccc(-c2cccc(C(=C(c3ccccc3)c3ccccc3)C3C=CC=CC3)c2)cc1. The maximum Gasteiger partial charge on any atom is 0.00680 e. The van der Waals surface area contributed by atoms with E-state index in [1.807, 2.05) is 31.2 Å². The zero-order valence-electron chi connectivity index (χ0n) is 33.6. The van der Waals surface area contributed by atoms with Crippen LogP contribution in [0.5, 0.6) is 0 Å². The molecule has 1 aliphatic rings. The fraction of sp³-hybridized carbons (Fsp3) is 0.0847. The standard InChI is InChI=1S/C35H30.C23H20.CH4/c1-26(2)27-21-23-28(24-22-27)32-19-12-20-33(25-32)35(31-17-10-5-11-18-31)34(29-13-6-3-7-14-29)30-15-8-4-9-16-30;1-18(20-9-5-3-6-10-20)17-19(2)21-13-15-23(16-14-21)22-11-7-4-8-12-22;/h3-17,19-25,31H,1,18H2,2H3;3-17H,1H2,2H3;1H4/b;19-17+;. The van der Waals surface area contributed by atoms with E-state index in [0.717, 1.165) is 23.1 Å². The van der Waals surface area contributed by atoms with E-state index < -0.39 is 0 Å². The van der Waals surface area contributed by atoms with Crippen molar-refractivity contribution < 1.29 is 0 Å². The Hall–Kier alpha value is -7.02. The highest BCUT2D eigenvalue weighted by atomic mass is 14.2. The van der Waals surface area contributed by atoms with Gasteiger partial charge in [0.2, 0.25) is 0 Å². The molecule has 290 valence electrons. The third-order valence-electron chi connectivity index (χ3n) is 10.6. The summed E-state index contributed by atoms with van der Waals surface area (Å²) >= 11 is 0. The van der Waals surface area contributed by atoms with Crippen LogP contribution in [0.1, 0.15) is 61.1 Å². The van der Waals surface area contributed by atoms with Gasteiger partial charge in [0.15, 0.2) is 0 Å². The van der Waals surface area contributed by atoms with E-state index in [-0.39, 0.29) is 7.43 Å². The molecule has 1 unspecified atom stereocenters. The summed E-state index contributed by atoms with van der Waals surface area (Å²) in [5.41, 5.74) is 18.2. The minimum atomic E-state index is 0. The molecule has 7 aromatic carbocycles. The van der Waals surface area contributed by atoms with Gasteiger partial charge in [-0.2, -0.15) is 0 Å². The van der Waals surface area contributed by atoms with Crippen molar-refractivity contribution in [3.05, 3.63) is 271 Å². The molecule has 0 amide bonds. The second-order valence-electron chi connectivity index (χ2n) is 14.8. The van der Waals surface area contributed by atoms with E-state index in [1.54, 1.807) is 0 Å². The molecule has 7 aromatic rings. The summed E-state index contributed by atoms with van der Waals surface area (Å²) in [6.07, 6.45) is 12.1. The molecule has 0 heterocycles. The van der Waals surface area contributed by atoms with Gasteiger partial charge >= 0.3 is 0 Å². The minimum absolute atomic E-state index is 0. The Balaban J connectivity index is 0.000000212. The van der Waals surface area contributed by atoms with Crippen LogP contribution in [0, 0.1) is 5.92 Å². The summed E-state index contributed by atoms with van der Waals surface area (Å²) in [5, 5.41) is 0. The molecule has 0 N–H and O–H groups in total. The Kier molecular flexibility index (Phi) is 14.4. The summed E-state index contributed by atoms with van der Waals surface area (Å²) in [5.74, 6) is 0.302. The first-order valence-electron chi connectivity index (χ1n) is 20.1. The highest BCUT2D eigenvalue weighted by molar-refractivity contribution is 6.00. The summed E-state index contributed by atoms with van der Waals surface area (Å²) in [6, 6.07) is 68.8. The lowest BCUT2D eigenvalue weighted by Gasteiger charge is -2.24. The van der Waals surface area contributed by atoms with Crippen LogP contribution in [0.3, 0.4) is 0 Å². The van der Waals surface area contributed by atoms with E-state index in [4.69, 9.17) is 0 Å². The molecule has 0 saturated heterocycles. The summed E-state index contributed by atoms with van der Waals surface area (Å²) in [7, 11) is 0. The van der Waals surface area contributed by atoms with Gasteiger partial charge in [0.1, 0.15) is 0 Å². The Bertz CT molecular complexity index is 2520. The van der Waals surface area contributed by atoms with Crippen molar-refractivity contribution in [2.75, 3.05) is 0 Å². The molecule has 0 radical (unpaired) electrons. The molecular weight excluding hydrogens is 709 g/mol. The molecule has 1 atom stereocenters. The van der Waals surface area contributed by atoms with Crippen LogP contribution in [0.25, 0.3) is 50.1 Å². The lowest BCUT2D eigenvalue weighted by molar-refractivity contribution is 0.844. The summed E-state index contributed by atoms with van der Waals surface area (Å²) in [6.45, 7) is 12.4. The molecule has 59 heavy (non-hydrogen) atoms. The smallest absolute Gasteiger partial charge is 0.00680 e. The van der Waals surface area contributed by atoms with Crippen molar-refractivity contribution >= 4 is 27.9 Å². The van der Waals surface area contributed by atoms with Gasteiger partial charge in [-0.15, -0.1) is 0 Å². The van der Waals surface area contributed by atoms with Crippen LogP contribution < -0.4 is 0 Å². The van der Waals surface area contributed by atoms with E-state index in [9.17, 15) is 0 Å². The fourth-order valence-electron chi connectivity index (χ4n) is 7.48. The molecule has 8 rings (SSSR count). The van der Waals surface area contributed by atoms with Crippen LogP contribution in [-0.2, 0) is 0 Å².